The topological polar surface area (TPSA) is 101 Å². The summed E-state index contributed by atoms with van der Waals surface area (Å²) >= 11 is 1.48. The van der Waals surface area contributed by atoms with Crippen LogP contribution in [0.2, 0.25) is 0 Å². The highest BCUT2D eigenvalue weighted by Crippen LogP contribution is 2.25. The van der Waals surface area contributed by atoms with Gasteiger partial charge >= 0.3 is 0 Å². The summed E-state index contributed by atoms with van der Waals surface area (Å²) in [4.78, 5) is 20.4. The van der Waals surface area contributed by atoms with Crippen molar-refractivity contribution in [1.82, 2.24) is 9.97 Å². The summed E-state index contributed by atoms with van der Waals surface area (Å²) < 4.78 is 0. The number of primary amides is 1. The van der Waals surface area contributed by atoms with Crippen LogP contribution in [0.25, 0.3) is 0 Å². The molecule has 1 amide bonds. The van der Waals surface area contributed by atoms with E-state index in [1.54, 1.807) is 12.1 Å². The largest absolute Gasteiger partial charge is 0.396 e. The van der Waals surface area contributed by atoms with Gasteiger partial charge in [0, 0.05) is 24.1 Å². The Morgan fingerprint density at radius 1 is 1.53 bits per heavy atom. The number of anilines is 2. The standard InChI is InChI=1S/C12H14N4O2S/c1-7-9(4-5-17)19-12(15-7)16-10-3-2-8(6-14-10)11(13)18/h2-3,6,17H,4-5H2,1H3,(H2,13,18)(H,14,15,16). The number of pyridine rings is 1. The zero-order chi connectivity index (χ0) is 13.8. The van der Waals surface area contributed by atoms with E-state index in [0.717, 1.165) is 10.6 Å². The molecule has 0 bridgehead atoms. The van der Waals surface area contributed by atoms with Crippen LogP contribution in [0.1, 0.15) is 20.9 Å². The molecule has 2 heterocycles. The summed E-state index contributed by atoms with van der Waals surface area (Å²) in [5, 5.41) is 12.7. The van der Waals surface area contributed by atoms with Crippen LogP contribution >= 0.6 is 11.3 Å². The molecule has 7 heteroatoms. The maximum absolute atomic E-state index is 10.9. The molecule has 19 heavy (non-hydrogen) atoms. The van der Waals surface area contributed by atoms with Crippen molar-refractivity contribution in [2.45, 2.75) is 13.3 Å². The number of aliphatic hydroxyl groups is 1. The van der Waals surface area contributed by atoms with E-state index in [1.165, 1.54) is 17.5 Å². The molecule has 0 atom stereocenters. The van der Waals surface area contributed by atoms with E-state index in [4.69, 9.17) is 10.8 Å². The van der Waals surface area contributed by atoms with Gasteiger partial charge < -0.3 is 16.2 Å². The number of nitrogens with two attached hydrogens (primary N) is 1. The number of aromatic nitrogens is 2. The first-order valence-corrected chi connectivity index (χ1v) is 6.52. The van der Waals surface area contributed by atoms with Crippen molar-refractivity contribution in [3.8, 4) is 0 Å². The predicted octanol–water partition coefficient (Wildman–Crippen LogP) is 1.22. The molecule has 0 aromatic carbocycles. The van der Waals surface area contributed by atoms with Gasteiger partial charge in [0.15, 0.2) is 5.13 Å². The van der Waals surface area contributed by atoms with Crippen molar-refractivity contribution in [3.63, 3.8) is 0 Å². The van der Waals surface area contributed by atoms with Crippen LogP contribution < -0.4 is 11.1 Å². The summed E-state index contributed by atoms with van der Waals surface area (Å²) in [6.07, 6.45) is 2.01. The first kappa shape index (κ1) is 13.4. The van der Waals surface area contributed by atoms with Gasteiger partial charge in [0.2, 0.25) is 5.91 Å². The minimum atomic E-state index is -0.505. The van der Waals surface area contributed by atoms with Crippen molar-refractivity contribution in [1.29, 1.82) is 0 Å². The van der Waals surface area contributed by atoms with Gasteiger partial charge in [-0.05, 0) is 19.1 Å². The van der Waals surface area contributed by atoms with E-state index in [2.05, 4.69) is 15.3 Å². The fourth-order valence-electron chi connectivity index (χ4n) is 1.54. The highest BCUT2D eigenvalue weighted by atomic mass is 32.1. The van der Waals surface area contributed by atoms with E-state index < -0.39 is 5.91 Å². The zero-order valence-electron chi connectivity index (χ0n) is 10.4. The molecular formula is C12H14N4O2S. The average molecular weight is 278 g/mol. The molecule has 0 saturated carbocycles. The van der Waals surface area contributed by atoms with Gasteiger partial charge in [0.05, 0.1) is 11.3 Å². The molecule has 2 aromatic rings. The van der Waals surface area contributed by atoms with Crippen LogP contribution in [0.15, 0.2) is 18.3 Å². The zero-order valence-corrected chi connectivity index (χ0v) is 11.2. The van der Waals surface area contributed by atoms with Gasteiger partial charge in [-0.25, -0.2) is 9.97 Å². The lowest BCUT2D eigenvalue weighted by Crippen LogP contribution is -2.11. The highest BCUT2D eigenvalue weighted by Gasteiger charge is 2.08. The number of nitrogens with one attached hydrogen (secondary N) is 1. The van der Waals surface area contributed by atoms with Crippen LogP contribution in [0, 0.1) is 6.92 Å². The van der Waals surface area contributed by atoms with Crippen LogP contribution in [0.5, 0.6) is 0 Å². The molecule has 2 aromatic heterocycles. The van der Waals surface area contributed by atoms with Gasteiger partial charge in [0.25, 0.3) is 0 Å². The van der Waals surface area contributed by atoms with Gasteiger partial charge in [-0.15, -0.1) is 11.3 Å². The monoisotopic (exact) mass is 278 g/mol. The number of hydrogen-bond donors (Lipinski definition) is 3. The molecule has 0 saturated heterocycles. The molecule has 2 rings (SSSR count). The maximum Gasteiger partial charge on any atom is 0.250 e. The Balaban J connectivity index is 2.12. The van der Waals surface area contributed by atoms with E-state index >= 15 is 0 Å². The SMILES string of the molecule is Cc1nc(Nc2ccc(C(N)=O)cn2)sc1CCO. The number of rotatable bonds is 5. The summed E-state index contributed by atoms with van der Waals surface area (Å²) in [7, 11) is 0. The molecule has 4 N–H and O–H groups in total. The third-order valence-corrected chi connectivity index (χ3v) is 3.65. The second kappa shape index (κ2) is 5.77. The lowest BCUT2D eigenvalue weighted by Gasteiger charge is -2.01. The van der Waals surface area contributed by atoms with Gasteiger partial charge in [-0.2, -0.15) is 0 Å². The molecule has 6 nitrogen and oxygen atoms in total. The molecule has 0 aliphatic rings. The number of carbonyl (C=O) groups is 1. The molecule has 0 spiro atoms. The smallest absolute Gasteiger partial charge is 0.250 e. The average Bonchev–Trinajstić information content (AvgIpc) is 2.71. The Morgan fingerprint density at radius 3 is 2.89 bits per heavy atom. The molecule has 100 valence electrons. The Labute approximate surface area is 114 Å². The van der Waals surface area contributed by atoms with Crippen LogP contribution in [0.3, 0.4) is 0 Å². The number of aliphatic hydroxyl groups excluding tert-OH is 1. The maximum atomic E-state index is 10.9. The summed E-state index contributed by atoms with van der Waals surface area (Å²) in [5.41, 5.74) is 6.40. The van der Waals surface area contributed by atoms with E-state index in [1.807, 2.05) is 6.92 Å². The second-order valence-electron chi connectivity index (χ2n) is 3.92. The van der Waals surface area contributed by atoms with Crippen molar-refractivity contribution >= 4 is 28.2 Å². The van der Waals surface area contributed by atoms with E-state index in [-0.39, 0.29) is 6.61 Å². The quantitative estimate of drug-likeness (QED) is 0.763. The molecule has 0 fully saturated rings. The molecule has 0 unspecified atom stereocenters. The Kier molecular flexibility index (Phi) is 4.08. The van der Waals surface area contributed by atoms with Crippen molar-refractivity contribution in [2.75, 3.05) is 11.9 Å². The number of thiazole rings is 1. The minimum absolute atomic E-state index is 0.105. The number of aryl methyl sites for hydroxylation is 1. The third kappa shape index (κ3) is 3.27. The van der Waals surface area contributed by atoms with Crippen LogP contribution in [-0.2, 0) is 6.42 Å². The Hall–Kier alpha value is -1.99. The fraction of sp³-hybridized carbons (Fsp3) is 0.250. The molecule has 0 aliphatic carbocycles. The first-order valence-electron chi connectivity index (χ1n) is 5.70. The predicted molar refractivity (Wildman–Crippen MR) is 73.7 cm³/mol. The fourth-order valence-corrected chi connectivity index (χ4v) is 2.50. The van der Waals surface area contributed by atoms with Gasteiger partial charge in [-0.1, -0.05) is 0 Å². The van der Waals surface area contributed by atoms with Crippen molar-refractivity contribution in [2.24, 2.45) is 5.73 Å². The second-order valence-corrected chi connectivity index (χ2v) is 5.01. The number of nitrogens with zero attached hydrogens (tertiary/aromatic N) is 2. The van der Waals surface area contributed by atoms with E-state index in [0.29, 0.717) is 22.9 Å². The van der Waals surface area contributed by atoms with Crippen molar-refractivity contribution < 1.29 is 9.90 Å². The molecule has 0 radical (unpaired) electrons. The lowest BCUT2D eigenvalue weighted by molar-refractivity contribution is 0.1000. The first-order chi connectivity index (χ1) is 9.10. The summed E-state index contributed by atoms with van der Waals surface area (Å²) in [5.74, 6) is 0.0867. The summed E-state index contributed by atoms with van der Waals surface area (Å²) in [6, 6.07) is 3.27. The van der Waals surface area contributed by atoms with Gasteiger partial charge in [0.1, 0.15) is 5.82 Å². The molecule has 0 aliphatic heterocycles. The number of amides is 1. The molecular weight excluding hydrogens is 264 g/mol. The Morgan fingerprint density at radius 2 is 2.32 bits per heavy atom. The highest BCUT2D eigenvalue weighted by molar-refractivity contribution is 7.15. The Bertz CT molecular complexity index is 580. The van der Waals surface area contributed by atoms with E-state index in [9.17, 15) is 4.79 Å². The van der Waals surface area contributed by atoms with Crippen LogP contribution in [0.4, 0.5) is 10.9 Å². The van der Waals surface area contributed by atoms with Crippen LogP contribution in [-0.4, -0.2) is 27.6 Å². The minimum Gasteiger partial charge on any atom is -0.396 e. The summed E-state index contributed by atoms with van der Waals surface area (Å²) in [6.45, 7) is 2.00. The lowest BCUT2D eigenvalue weighted by atomic mass is 10.3. The normalized spacial score (nSPS) is 10.4. The number of hydrogen-bond acceptors (Lipinski definition) is 6. The van der Waals surface area contributed by atoms with Crippen molar-refractivity contribution in [3.05, 3.63) is 34.5 Å². The third-order valence-electron chi connectivity index (χ3n) is 2.51. The number of carbonyl (C=O) groups excluding carboxylic acids is 1. The van der Waals surface area contributed by atoms with Gasteiger partial charge in [-0.3, -0.25) is 4.79 Å².